The summed E-state index contributed by atoms with van der Waals surface area (Å²) in [7, 11) is 7.50. The minimum Gasteiger partial charge on any atom is -0.0914 e. The summed E-state index contributed by atoms with van der Waals surface area (Å²) in [6.45, 7) is 8.80. The first kappa shape index (κ1) is 15.6. The van der Waals surface area contributed by atoms with Crippen molar-refractivity contribution in [1.29, 1.82) is 2.67 Å². The van der Waals surface area contributed by atoms with Crippen LogP contribution in [0, 0.1) is 11.8 Å². The highest BCUT2D eigenvalue weighted by Crippen LogP contribution is 2.14. The van der Waals surface area contributed by atoms with Gasteiger partial charge in [-0.15, -0.1) is 0 Å². The van der Waals surface area contributed by atoms with Crippen molar-refractivity contribution in [3.63, 3.8) is 0 Å². The zero-order chi connectivity index (χ0) is 14.8. The summed E-state index contributed by atoms with van der Waals surface area (Å²) < 4.78 is 10.5. The van der Waals surface area contributed by atoms with Gasteiger partial charge in [-0.25, -0.2) is 0 Å². The molecule has 0 bridgehead atoms. The van der Waals surface area contributed by atoms with Crippen LogP contribution in [-0.2, 0) is 0 Å². The number of rotatable bonds is 3. The Hall–Kier alpha value is -0.390. The summed E-state index contributed by atoms with van der Waals surface area (Å²) in [5, 5.41) is 0. The lowest BCUT2D eigenvalue weighted by molar-refractivity contribution is 0.633. The van der Waals surface area contributed by atoms with E-state index >= 15 is 0 Å². The van der Waals surface area contributed by atoms with Gasteiger partial charge in [0.15, 0.2) is 0 Å². The van der Waals surface area contributed by atoms with Gasteiger partial charge in [-0.1, -0.05) is 51.5 Å². The Labute approximate surface area is 109 Å². The van der Waals surface area contributed by atoms with Gasteiger partial charge >= 0.3 is 0 Å². The fourth-order valence-electron chi connectivity index (χ4n) is 1.66. The lowest BCUT2D eigenvalue weighted by Gasteiger charge is -1.99. The molecule has 2 atom stereocenters. The SMILES string of the molecule is C/C=C/C(C)CCC.CC1C=CCC1.[2H][B].[2H][B]. The van der Waals surface area contributed by atoms with Gasteiger partial charge in [0.25, 0.3) is 0 Å². The summed E-state index contributed by atoms with van der Waals surface area (Å²) in [4.78, 5) is 0. The van der Waals surface area contributed by atoms with Crippen LogP contribution >= 0.6 is 0 Å². The second kappa shape index (κ2) is 14.6. The summed E-state index contributed by atoms with van der Waals surface area (Å²) in [5.41, 5.74) is 0. The molecule has 0 aromatic carbocycles. The Kier molecular flexibility index (Phi) is 14.3. The van der Waals surface area contributed by atoms with Gasteiger partial charge in [-0.2, -0.15) is 0 Å². The first-order valence-corrected chi connectivity index (χ1v) is 6.00. The van der Waals surface area contributed by atoms with Crippen LogP contribution in [0.1, 0.15) is 53.4 Å². The summed E-state index contributed by atoms with van der Waals surface area (Å²) in [5.74, 6) is 1.65. The predicted molar refractivity (Wildman–Crippen MR) is 80.7 cm³/mol. The molecule has 0 saturated carbocycles. The molecule has 0 aliphatic heterocycles. The van der Waals surface area contributed by atoms with Gasteiger partial charge in [0.05, 0.1) is 0 Å². The molecule has 0 saturated heterocycles. The quantitative estimate of drug-likeness (QED) is 0.502. The van der Waals surface area contributed by atoms with E-state index in [2.05, 4.69) is 68.8 Å². The average Bonchev–Trinajstić information content (AvgIpc) is 2.87. The van der Waals surface area contributed by atoms with E-state index in [4.69, 9.17) is 2.67 Å². The fourth-order valence-corrected chi connectivity index (χ4v) is 1.66. The summed E-state index contributed by atoms with van der Waals surface area (Å²) in [6, 6.07) is 0. The third-order valence-electron chi connectivity index (χ3n) is 2.52. The van der Waals surface area contributed by atoms with Crippen LogP contribution in [0.3, 0.4) is 0 Å². The topological polar surface area (TPSA) is 0 Å². The first-order valence-electron chi connectivity index (χ1n) is 7.15. The lowest BCUT2D eigenvalue weighted by atomic mass is 10.1. The first-order chi connectivity index (χ1) is 8.70. The van der Waals surface area contributed by atoms with Gasteiger partial charge in [0, 0.05) is 16.8 Å². The van der Waals surface area contributed by atoms with Crippen LogP contribution in [-0.4, -0.2) is 19.4 Å². The summed E-state index contributed by atoms with van der Waals surface area (Å²) >= 11 is 0. The zero-order valence-corrected chi connectivity index (χ0v) is 11.4. The van der Waals surface area contributed by atoms with E-state index in [0.29, 0.717) is 0 Å². The van der Waals surface area contributed by atoms with Gasteiger partial charge in [-0.05, 0) is 40.7 Å². The molecule has 1 aliphatic rings. The molecule has 2 heteroatoms. The number of allylic oxidation sites excluding steroid dienone is 4. The van der Waals surface area contributed by atoms with E-state index in [1.165, 1.54) is 25.7 Å². The van der Waals surface area contributed by atoms with Crippen LogP contribution in [0.15, 0.2) is 24.3 Å². The maximum Gasteiger partial charge on any atom is 0.0379 e. The molecule has 0 fully saturated rings. The molecule has 0 N–H and O–H groups in total. The van der Waals surface area contributed by atoms with Crippen LogP contribution < -0.4 is 0 Å². The second-order valence-electron chi connectivity index (χ2n) is 4.27. The van der Waals surface area contributed by atoms with E-state index < -0.39 is 0 Å². The van der Waals surface area contributed by atoms with Gasteiger partial charge in [0.2, 0.25) is 0 Å². The highest BCUT2D eigenvalue weighted by atomic mass is 14.0. The molecule has 0 aromatic rings. The molecule has 0 spiro atoms. The van der Waals surface area contributed by atoms with Crippen molar-refractivity contribution in [2.75, 3.05) is 0 Å². The standard InChI is InChI=1S/C8H16.C6H10.2BH/c1-4-6-8(3)7-5-2;1-6-4-2-3-5-6;;/h4,6,8H,5,7H2,1-3H3;2,4,6H,3,5H2,1H3;2*1H/b6-4+;;;/i;;2*1D. The fraction of sp³-hybridized carbons (Fsp3) is 0.714. The van der Waals surface area contributed by atoms with Crippen LogP contribution in [0.25, 0.3) is 0 Å². The Morgan fingerprint density at radius 2 is 2.12 bits per heavy atom. The highest BCUT2D eigenvalue weighted by molar-refractivity contribution is 5.76. The van der Waals surface area contributed by atoms with Crippen molar-refractivity contribution in [2.45, 2.75) is 53.4 Å². The van der Waals surface area contributed by atoms with Crippen molar-refractivity contribution in [3.8, 4) is 0 Å². The maximum absolute atomic E-state index is 5.25. The van der Waals surface area contributed by atoms with Gasteiger partial charge in [0.1, 0.15) is 0 Å². The van der Waals surface area contributed by atoms with Gasteiger partial charge in [-0.3, -0.25) is 0 Å². The minimum absolute atomic E-state index is 0.782. The molecule has 4 radical (unpaired) electrons. The van der Waals surface area contributed by atoms with Crippen LogP contribution in [0.4, 0.5) is 0 Å². The van der Waals surface area contributed by atoms with E-state index in [9.17, 15) is 0 Å². The maximum atomic E-state index is 5.25. The third-order valence-corrected chi connectivity index (χ3v) is 2.52. The molecule has 90 valence electrons. The zero-order valence-electron chi connectivity index (χ0n) is 13.4. The molecular weight excluding hydrogens is 190 g/mol. The van der Waals surface area contributed by atoms with Crippen LogP contribution in [0.2, 0.25) is 0 Å². The molecule has 16 heavy (non-hydrogen) atoms. The molecule has 1 rings (SSSR count). The summed E-state index contributed by atoms with van der Waals surface area (Å²) in [6.07, 6.45) is 14.2. The van der Waals surface area contributed by atoms with Gasteiger partial charge < -0.3 is 0 Å². The Morgan fingerprint density at radius 1 is 1.50 bits per heavy atom. The molecular formula is C14H28B2. The van der Waals surface area contributed by atoms with E-state index in [0.717, 1.165) is 11.8 Å². The van der Waals surface area contributed by atoms with Crippen molar-refractivity contribution in [2.24, 2.45) is 11.8 Å². The molecule has 0 amide bonds. The number of hydrogen-bond donors (Lipinski definition) is 0. The Balaban J connectivity index is -0.000000199. The third kappa shape index (κ3) is 13.6. The predicted octanol–water partition coefficient (Wildman–Crippen LogP) is 3.67. The Morgan fingerprint density at radius 3 is 2.38 bits per heavy atom. The second-order valence-corrected chi connectivity index (χ2v) is 4.27. The smallest absolute Gasteiger partial charge is 0.0379 e. The van der Waals surface area contributed by atoms with E-state index in [1.54, 1.807) is 0 Å². The van der Waals surface area contributed by atoms with Crippen LogP contribution in [0.5, 0.6) is 0 Å². The van der Waals surface area contributed by atoms with E-state index in [1.807, 2.05) is 0 Å². The monoisotopic (exact) mass is 220 g/mol. The number of hydrogen-bond acceptors (Lipinski definition) is 0. The molecule has 0 heterocycles. The van der Waals surface area contributed by atoms with E-state index in [-0.39, 0.29) is 0 Å². The Bertz CT molecular complexity index is 183. The molecule has 0 aromatic heterocycles. The van der Waals surface area contributed by atoms with Crippen molar-refractivity contribution < 1.29 is 0 Å². The molecule has 2 unspecified atom stereocenters. The van der Waals surface area contributed by atoms with Crippen molar-refractivity contribution in [1.82, 2.24) is 0 Å². The largest absolute Gasteiger partial charge is 0.0914 e. The average molecular weight is 220 g/mol. The minimum atomic E-state index is 0.782. The lowest BCUT2D eigenvalue weighted by Crippen LogP contribution is -1.85. The normalized spacial score (nSPS) is 20.1. The molecule has 1 aliphatic carbocycles. The van der Waals surface area contributed by atoms with Crippen molar-refractivity contribution in [3.05, 3.63) is 24.3 Å². The van der Waals surface area contributed by atoms with Crippen molar-refractivity contribution >= 4 is 16.8 Å². The molecule has 0 nitrogen and oxygen atoms in total. The highest BCUT2D eigenvalue weighted by Gasteiger charge is 1.98.